The van der Waals surface area contributed by atoms with E-state index in [1.807, 2.05) is 0 Å². The summed E-state index contributed by atoms with van der Waals surface area (Å²) < 4.78 is 20.8. The maximum Gasteiger partial charge on any atom is 0.305 e. The Balaban J connectivity index is 2.08. The summed E-state index contributed by atoms with van der Waals surface area (Å²) in [6.45, 7) is 3.24. The number of aliphatic carboxylic acids is 1. The molecule has 1 atom stereocenters. The van der Waals surface area contributed by atoms with Crippen molar-refractivity contribution in [2.24, 2.45) is 7.05 Å². The van der Waals surface area contributed by atoms with E-state index in [1.165, 1.54) is 12.1 Å². The van der Waals surface area contributed by atoms with Crippen LogP contribution in [0.4, 0.5) is 4.39 Å². The van der Waals surface area contributed by atoms with Crippen LogP contribution in [0.5, 0.6) is 5.75 Å². The molecule has 0 fully saturated rings. The molecule has 1 aromatic carbocycles. The van der Waals surface area contributed by atoms with E-state index >= 15 is 0 Å². The van der Waals surface area contributed by atoms with E-state index in [2.05, 4.69) is 10.4 Å². The second-order valence-electron chi connectivity index (χ2n) is 5.80. The number of halogens is 2. The zero-order valence-electron chi connectivity index (χ0n) is 14.5. The number of carbonyl (C=O) groups excluding carboxylic acids is 1. The van der Waals surface area contributed by atoms with Gasteiger partial charge in [-0.25, -0.2) is 4.39 Å². The smallest absolute Gasteiger partial charge is 0.305 e. The number of carboxylic acids is 1. The largest absolute Gasteiger partial charge is 0.481 e. The summed E-state index contributed by atoms with van der Waals surface area (Å²) >= 11 is 5.64. The summed E-state index contributed by atoms with van der Waals surface area (Å²) in [4.78, 5) is 23.3. The van der Waals surface area contributed by atoms with E-state index in [9.17, 15) is 14.0 Å². The summed E-state index contributed by atoms with van der Waals surface area (Å²) in [5.74, 6) is -1.86. The Bertz CT molecular complexity index is 838. The van der Waals surface area contributed by atoms with E-state index in [0.717, 1.165) is 11.8 Å². The zero-order valence-corrected chi connectivity index (χ0v) is 15.3. The van der Waals surface area contributed by atoms with Gasteiger partial charge in [-0.1, -0.05) is 17.7 Å². The average molecular weight is 384 g/mol. The van der Waals surface area contributed by atoms with E-state index < -0.39 is 30.2 Å². The summed E-state index contributed by atoms with van der Waals surface area (Å²) in [5.41, 5.74) is 1.70. The fourth-order valence-corrected chi connectivity index (χ4v) is 2.61. The molecule has 0 aliphatic rings. The van der Waals surface area contributed by atoms with Gasteiger partial charge in [-0.3, -0.25) is 14.3 Å². The topological polar surface area (TPSA) is 93.5 Å². The van der Waals surface area contributed by atoms with Gasteiger partial charge in [-0.15, -0.1) is 0 Å². The highest BCUT2D eigenvalue weighted by molar-refractivity contribution is 6.30. The molecule has 140 valence electrons. The standard InChI is InChI=1S/C17H19ClFN3O4/c1-9-17(10(2)22(3)21-9)26-8-15(23)20-14(7-16(24)25)11-4-5-12(18)13(19)6-11/h4-6,14H,7-8H2,1-3H3,(H,20,23)(H,24,25). The van der Waals surface area contributed by atoms with Gasteiger partial charge in [0.25, 0.3) is 5.91 Å². The van der Waals surface area contributed by atoms with Crippen molar-refractivity contribution >= 4 is 23.5 Å². The molecule has 7 nitrogen and oxygen atoms in total. The van der Waals surface area contributed by atoms with E-state index in [-0.39, 0.29) is 11.6 Å². The first-order valence-corrected chi connectivity index (χ1v) is 8.16. The second-order valence-corrected chi connectivity index (χ2v) is 6.21. The van der Waals surface area contributed by atoms with Crippen LogP contribution in [-0.2, 0) is 16.6 Å². The van der Waals surface area contributed by atoms with Crippen LogP contribution < -0.4 is 10.1 Å². The van der Waals surface area contributed by atoms with Crippen LogP contribution in [0.2, 0.25) is 5.02 Å². The molecular weight excluding hydrogens is 365 g/mol. The van der Waals surface area contributed by atoms with Gasteiger partial charge >= 0.3 is 5.97 Å². The van der Waals surface area contributed by atoms with Crippen LogP contribution in [-0.4, -0.2) is 33.4 Å². The van der Waals surface area contributed by atoms with Crippen LogP contribution in [0.3, 0.4) is 0 Å². The molecule has 0 radical (unpaired) electrons. The molecule has 1 amide bonds. The van der Waals surface area contributed by atoms with Crippen LogP contribution in [0.15, 0.2) is 18.2 Å². The van der Waals surface area contributed by atoms with Crippen molar-refractivity contribution in [1.29, 1.82) is 0 Å². The minimum absolute atomic E-state index is 0.0833. The van der Waals surface area contributed by atoms with Crippen molar-refractivity contribution in [2.75, 3.05) is 6.61 Å². The molecule has 26 heavy (non-hydrogen) atoms. The van der Waals surface area contributed by atoms with Gasteiger partial charge in [-0.2, -0.15) is 5.10 Å². The normalized spacial score (nSPS) is 11.9. The van der Waals surface area contributed by atoms with Crippen LogP contribution in [0.25, 0.3) is 0 Å². The molecule has 0 spiro atoms. The maximum absolute atomic E-state index is 13.6. The number of amides is 1. The zero-order chi connectivity index (χ0) is 19.4. The summed E-state index contributed by atoms with van der Waals surface area (Å²) in [6.07, 6.45) is -0.405. The van der Waals surface area contributed by atoms with Crippen molar-refractivity contribution in [1.82, 2.24) is 15.1 Å². The van der Waals surface area contributed by atoms with Gasteiger partial charge in [0.2, 0.25) is 0 Å². The first-order chi connectivity index (χ1) is 12.2. The third kappa shape index (κ3) is 4.72. The highest BCUT2D eigenvalue weighted by Crippen LogP contribution is 2.23. The lowest BCUT2D eigenvalue weighted by Crippen LogP contribution is -2.34. The number of aromatic nitrogens is 2. The molecule has 0 saturated heterocycles. The number of nitrogens with zero attached hydrogens (tertiary/aromatic N) is 2. The molecule has 2 aromatic rings. The lowest BCUT2D eigenvalue weighted by molar-refractivity contribution is -0.137. The van der Waals surface area contributed by atoms with Crippen molar-refractivity contribution in [2.45, 2.75) is 26.3 Å². The molecular formula is C17H19ClFN3O4. The van der Waals surface area contributed by atoms with Crippen LogP contribution >= 0.6 is 11.6 Å². The Kier molecular flexibility index (Phi) is 6.20. The van der Waals surface area contributed by atoms with Crippen molar-refractivity contribution in [3.05, 3.63) is 46.0 Å². The Hall–Kier alpha value is -2.61. The molecule has 0 aliphatic carbocycles. The number of carbonyl (C=O) groups is 2. The number of aryl methyl sites for hydroxylation is 2. The number of carboxylic acid groups (broad SMARTS) is 1. The van der Waals surface area contributed by atoms with Gasteiger partial charge in [0, 0.05) is 7.05 Å². The lowest BCUT2D eigenvalue weighted by atomic mass is 10.0. The van der Waals surface area contributed by atoms with Gasteiger partial charge in [0.05, 0.1) is 23.2 Å². The highest BCUT2D eigenvalue weighted by atomic mass is 35.5. The summed E-state index contributed by atoms with van der Waals surface area (Å²) in [7, 11) is 1.76. The van der Waals surface area contributed by atoms with Gasteiger partial charge < -0.3 is 15.2 Å². The van der Waals surface area contributed by atoms with E-state index in [4.69, 9.17) is 21.4 Å². The first-order valence-electron chi connectivity index (χ1n) is 7.78. The Morgan fingerprint density at radius 3 is 2.65 bits per heavy atom. The number of ether oxygens (including phenoxy) is 1. The summed E-state index contributed by atoms with van der Waals surface area (Å²) in [5, 5.41) is 15.7. The summed E-state index contributed by atoms with van der Waals surface area (Å²) in [6, 6.07) is 2.97. The number of rotatable bonds is 7. The number of benzene rings is 1. The monoisotopic (exact) mass is 383 g/mol. The number of hydrogen-bond donors (Lipinski definition) is 2. The van der Waals surface area contributed by atoms with Crippen molar-refractivity contribution in [3.8, 4) is 5.75 Å². The van der Waals surface area contributed by atoms with Crippen molar-refractivity contribution < 1.29 is 23.8 Å². The molecule has 1 heterocycles. The fourth-order valence-electron chi connectivity index (χ4n) is 2.49. The quantitative estimate of drug-likeness (QED) is 0.766. The molecule has 1 aromatic heterocycles. The predicted molar refractivity (Wildman–Crippen MR) is 92.7 cm³/mol. The fraction of sp³-hybridized carbons (Fsp3) is 0.353. The molecule has 9 heteroatoms. The maximum atomic E-state index is 13.6. The molecule has 0 aliphatic heterocycles. The Labute approximate surface area is 154 Å². The SMILES string of the molecule is Cc1nn(C)c(C)c1OCC(=O)NC(CC(=O)O)c1ccc(Cl)c(F)c1. The van der Waals surface area contributed by atoms with Crippen LogP contribution in [0, 0.1) is 19.7 Å². The van der Waals surface area contributed by atoms with Gasteiger partial charge in [-0.05, 0) is 31.5 Å². The lowest BCUT2D eigenvalue weighted by Gasteiger charge is -2.18. The van der Waals surface area contributed by atoms with E-state index in [0.29, 0.717) is 17.0 Å². The highest BCUT2D eigenvalue weighted by Gasteiger charge is 2.20. The average Bonchev–Trinajstić information content (AvgIpc) is 2.79. The first kappa shape index (κ1) is 19.7. The van der Waals surface area contributed by atoms with Gasteiger partial charge in [0.15, 0.2) is 12.4 Å². The Morgan fingerprint density at radius 2 is 2.12 bits per heavy atom. The van der Waals surface area contributed by atoms with E-state index in [1.54, 1.807) is 25.6 Å². The number of nitrogens with one attached hydrogen (secondary N) is 1. The number of hydrogen-bond acceptors (Lipinski definition) is 4. The second kappa shape index (κ2) is 8.18. The molecule has 0 saturated carbocycles. The Morgan fingerprint density at radius 1 is 1.42 bits per heavy atom. The van der Waals surface area contributed by atoms with Crippen LogP contribution in [0.1, 0.15) is 29.4 Å². The molecule has 2 rings (SSSR count). The molecule has 1 unspecified atom stereocenters. The molecule has 2 N–H and O–H groups in total. The predicted octanol–water partition coefficient (Wildman–Crippen LogP) is 2.54. The third-order valence-corrected chi connectivity index (χ3v) is 4.16. The van der Waals surface area contributed by atoms with Gasteiger partial charge in [0.1, 0.15) is 11.5 Å². The minimum atomic E-state index is -1.13. The minimum Gasteiger partial charge on any atom is -0.481 e. The third-order valence-electron chi connectivity index (χ3n) is 3.85. The van der Waals surface area contributed by atoms with Crippen molar-refractivity contribution in [3.63, 3.8) is 0 Å². The molecule has 0 bridgehead atoms.